The Morgan fingerprint density at radius 1 is 0.422 bits per heavy atom. The Balaban J connectivity index is 0.000000148. The first-order valence-electron chi connectivity index (χ1n) is 30.8. The van der Waals surface area contributed by atoms with Gasteiger partial charge in [0.2, 0.25) is 0 Å². The molecular weight excluding hydrogens is 1150 g/mol. The van der Waals surface area contributed by atoms with E-state index in [4.69, 9.17) is 20.1 Å². The minimum absolute atomic E-state index is 0.0894. The average Bonchev–Trinajstić information content (AvgIpc) is 1.63. The van der Waals surface area contributed by atoms with E-state index in [1.54, 1.807) is 68.9 Å². The SMILES string of the molecule is CCC(CC)n1cc(-c2nc(-c3cnn(CC(C)(O)CO)c3)cn3nccc23)cn1.CCC(CC)n1cc(-c2nc(-c3cnn(CC(CO)CO)c3)cn3nccc23)cn1.CCC(CC)n1cc(-c2nc(-c3cnn(CC[C@@H](O)CO)c3)cn3nccc23)cn1. The van der Waals surface area contributed by atoms with Gasteiger partial charge in [0.25, 0.3) is 0 Å². The quantitative estimate of drug-likeness (QED) is 0.0305. The van der Waals surface area contributed by atoms with Crippen LogP contribution < -0.4 is 0 Å². The summed E-state index contributed by atoms with van der Waals surface area (Å²) in [7, 11) is 0. The van der Waals surface area contributed by atoms with E-state index in [0.717, 1.165) is 117 Å². The molecule has 1 unspecified atom stereocenters. The summed E-state index contributed by atoms with van der Waals surface area (Å²) in [6.07, 6.45) is 39.2. The Hall–Kier alpha value is -9.12. The zero-order chi connectivity index (χ0) is 63.5. The normalized spacial score (nSPS) is 12.9. The van der Waals surface area contributed by atoms with E-state index in [1.165, 1.54) is 0 Å². The van der Waals surface area contributed by atoms with E-state index < -0.39 is 11.7 Å². The van der Waals surface area contributed by atoms with Crippen LogP contribution in [0.4, 0.5) is 0 Å². The number of aromatic nitrogens is 21. The fraction of sp³-hybridized carbons (Fsp3) is 0.429. The van der Waals surface area contributed by atoms with Crippen LogP contribution in [-0.4, -0.2) is 171 Å². The van der Waals surface area contributed by atoms with Crippen molar-refractivity contribution >= 4 is 16.6 Å². The highest BCUT2D eigenvalue weighted by atomic mass is 16.3. The molecular formula is C63H81N21O6. The smallest absolute Gasteiger partial charge is 0.104 e. The van der Waals surface area contributed by atoms with Crippen molar-refractivity contribution in [1.29, 1.82) is 0 Å². The molecule has 0 spiro atoms. The lowest BCUT2D eigenvalue weighted by atomic mass is 10.1. The lowest BCUT2D eigenvalue weighted by Gasteiger charge is -2.19. The van der Waals surface area contributed by atoms with Crippen LogP contribution in [0.2, 0.25) is 0 Å². The third-order valence-corrected chi connectivity index (χ3v) is 16.2. The minimum Gasteiger partial charge on any atom is -0.396 e. The Bertz CT molecular complexity index is 4200. The molecule has 12 aromatic rings. The topological polar surface area (TPSA) is 319 Å². The average molecular weight is 1230 g/mol. The third-order valence-electron chi connectivity index (χ3n) is 16.2. The zero-order valence-electron chi connectivity index (χ0n) is 52.0. The molecule has 0 amide bonds. The number of fused-ring (bicyclic) bond motifs is 3. The second kappa shape index (κ2) is 29.0. The summed E-state index contributed by atoms with van der Waals surface area (Å²) in [5, 5.41) is 96.5. The van der Waals surface area contributed by atoms with Crippen LogP contribution in [0.1, 0.15) is 112 Å². The van der Waals surface area contributed by atoms with Crippen molar-refractivity contribution in [1.82, 2.24) is 102 Å². The van der Waals surface area contributed by atoms with Gasteiger partial charge in [0.15, 0.2) is 0 Å². The standard InChI is InChI=1S/3C21H27N7O2/c1-4-17(5-2)27-11-16(9-24-27)20-19-6-7-22-28(19)12-18(25-20)15-8-23-26(10-15)13-21(3,30)14-29;1-3-17(4-2)27-12-16(10-24-27)21-20-5-7-22-28(20)13-19(25-21)15-9-23-26(11-15)8-6-18(30)14-29;1-3-18(4-2)27-11-17(8-24-27)21-20-5-6-22-28(20)12-19(25-21)16-7-23-26(10-16)9-15(13-29)14-30/h6-12,17,29-30H,4-5,13-14H2,1-3H3;5,7,9-13,17-18,29-30H,3-4,6,8,14H2,1-2H3;5-8,10-12,15,18,29-30H,3-4,9,13-14H2,1-2H3/t;18-;/m.1./s1. The summed E-state index contributed by atoms with van der Waals surface area (Å²) in [6.45, 7) is 14.9. The number of aliphatic hydroxyl groups is 6. The number of rotatable bonds is 26. The predicted molar refractivity (Wildman–Crippen MR) is 338 cm³/mol. The second-order valence-corrected chi connectivity index (χ2v) is 22.8. The minimum atomic E-state index is -1.24. The molecule has 0 aliphatic rings. The van der Waals surface area contributed by atoms with Crippen LogP contribution in [0.5, 0.6) is 0 Å². The Labute approximate surface area is 520 Å². The fourth-order valence-electron chi connectivity index (χ4n) is 10.8. The molecule has 0 saturated heterocycles. The van der Waals surface area contributed by atoms with Crippen molar-refractivity contribution in [3.8, 4) is 67.5 Å². The molecule has 0 radical (unpaired) electrons. The number of hydrogen-bond donors (Lipinski definition) is 6. The summed E-state index contributed by atoms with van der Waals surface area (Å²) < 4.78 is 16.5. The molecule has 90 heavy (non-hydrogen) atoms. The molecule has 0 aliphatic carbocycles. The summed E-state index contributed by atoms with van der Waals surface area (Å²) in [5.74, 6) is -0.245. The number of hydrogen-bond acceptors (Lipinski definition) is 18. The van der Waals surface area contributed by atoms with Crippen molar-refractivity contribution in [3.05, 3.63) is 130 Å². The molecule has 6 N–H and O–H groups in total. The van der Waals surface area contributed by atoms with Gasteiger partial charge in [-0.25, -0.2) is 28.5 Å². The lowest BCUT2D eigenvalue weighted by Crippen LogP contribution is -2.34. The van der Waals surface area contributed by atoms with Crippen LogP contribution in [0, 0.1) is 5.92 Å². The Kier molecular flexibility index (Phi) is 20.6. The van der Waals surface area contributed by atoms with Crippen molar-refractivity contribution in [2.75, 3.05) is 26.4 Å². The van der Waals surface area contributed by atoms with Crippen LogP contribution >= 0.6 is 0 Å². The maximum atomic E-state index is 10.1. The molecule has 27 nitrogen and oxygen atoms in total. The predicted octanol–water partition coefficient (Wildman–Crippen LogP) is 7.54. The van der Waals surface area contributed by atoms with Gasteiger partial charge in [-0.1, -0.05) is 41.5 Å². The van der Waals surface area contributed by atoms with E-state index >= 15 is 0 Å². The molecule has 474 valence electrons. The molecule has 12 rings (SSSR count). The van der Waals surface area contributed by atoms with Crippen molar-refractivity contribution < 1.29 is 30.6 Å². The van der Waals surface area contributed by atoms with E-state index in [2.05, 4.69) is 93.6 Å². The summed E-state index contributed by atoms with van der Waals surface area (Å²) >= 11 is 0. The first kappa shape index (κ1) is 63.9. The van der Waals surface area contributed by atoms with Crippen molar-refractivity contribution in [2.24, 2.45) is 5.92 Å². The molecule has 0 aliphatic heterocycles. The Morgan fingerprint density at radius 2 is 0.778 bits per heavy atom. The van der Waals surface area contributed by atoms with Gasteiger partial charge in [-0.15, -0.1) is 0 Å². The first-order valence-corrected chi connectivity index (χ1v) is 30.8. The number of nitrogens with zero attached hydrogens (tertiary/aromatic N) is 21. The van der Waals surface area contributed by atoms with Gasteiger partial charge in [0.05, 0.1) is 169 Å². The van der Waals surface area contributed by atoms with Crippen LogP contribution in [0.3, 0.4) is 0 Å². The highest BCUT2D eigenvalue weighted by molar-refractivity contribution is 5.80. The Morgan fingerprint density at radius 3 is 1.14 bits per heavy atom. The van der Waals surface area contributed by atoms with Crippen LogP contribution in [-0.2, 0) is 19.6 Å². The van der Waals surface area contributed by atoms with Gasteiger partial charge < -0.3 is 30.6 Å². The fourth-order valence-corrected chi connectivity index (χ4v) is 10.8. The highest BCUT2D eigenvalue weighted by Gasteiger charge is 2.23. The monoisotopic (exact) mass is 1230 g/mol. The van der Waals surface area contributed by atoms with Gasteiger partial charge in [-0.3, -0.25) is 28.1 Å². The molecule has 0 fully saturated rings. The highest BCUT2D eigenvalue weighted by Crippen LogP contribution is 2.32. The molecule has 0 bridgehead atoms. The van der Waals surface area contributed by atoms with Gasteiger partial charge in [0.1, 0.15) is 5.60 Å². The van der Waals surface area contributed by atoms with E-state index in [9.17, 15) is 25.5 Å². The summed E-state index contributed by atoms with van der Waals surface area (Å²) in [4.78, 5) is 14.7. The zero-order valence-corrected chi connectivity index (χ0v) is 52.0. The first-order chi connectivity index (χ1) is 43.7. The number of aryl methyl sites for hydroxylation is 1. The van der Waals surface area contributed by atoms with Crippen LogP contribution in [0.25, 0.3) is 84.1 Å². The van der Waals surface area contributed by atoms with Gasteiger partial charge >= 0.3 is 0 Å². The van der Waals surface area contributed by atoms with Crippen molar-refractivity contribution in [2.45, 2.75) is 143 Å². The lowest BCUT2D eigenvalue weighted by molar-refractivity contribution is -0.0145. The molecule has 27 heteroatoms. The van der Waals surface area contributed by atoms with Crippen molar-refractivity contribution in [3.63, 3.8) is 0 Å². The summed E-state index contributed by atoms with van der Waals surface area (Å²) in [6, 6.07) is 6.92. The maximum Gasteiger partial charge on any atom is 0.104 e. The van der Waals surface area contributed by atoms with Crippen LogP contribution in [0.15, 0.2) is 130 Å². The molecule has 12 heterocycles. The largest absolute Gasteiger partial charge is 0.396 e. The molecule has 0 saturated carbocycles. The van der Waals surface area contributed by atoms with Gasteiger partial charge in [-0.2, -0.15) is 45.9 Å². The molecule has 2 atom stereocenters. The van der Waals surface area contributed by atoms with E-state index in [1.807, 2.05) is 103 Å². The second-order valence-electron chi connectivity index (χ2n) is 22.8. The van der Waals surface area contributed by atoms with E-state index in [-0.39, 0.29) is 38.9 Å². The van der Waals surface area contributed by atoms with Gasteiger partial charge in [-0.05, 0) is 70.1 Å². The molecule has 12 aromatic heterocycles. The maximum absolute atomic E-state index is 10.1. The molecule has 0 aromatic carbocycles. The van der Waals surface area contributed by atoms with E-state index in [0.29, 0.717) is 43.3 Å². The third kappa shape index (κ3) is 14.5. The number of aliphatic hydroxyl groups excluding tert-OH is 5. The van der Waals surface area contributed by atoms with Gasteiger partial charge in [0, 0.05) is 103 Å². The summed E-state index contributed by atoms with van der Waals surface area (Å²) in [5.41, 5.74) is 11.5.